The molecule has 0 saturated carbocycles. The molecule has 0 nitrogen and oxygen atoms in total. The number of benzene rings is 6. The average Bonchev–Trinajstić information content (AvgIpc) is 3.01. The summed E-state index contributed by atoms with van der Waals surface area (Å²) in [6, 6.07) is 49.4. The van der Waals surface area contributed by atoms with Crippen LogP contribution in [-0.4, -0.2) is 0 Å². The highest BCUT2D eigenvalue weighted by molar-refractivity contribution is 7.80. The number of hydrogen-bond donors (Lipinski definition) is 0. The maximum atomic E-state index is 13.3. The van der Waals surface area contributed by atoms with Crippen LogP contribution >= 0.6 is 7.92 Å². The molecule has 0 bridgehead atoms. The summed E-state index contributed by atoms with van der Waals surface area (Å²) in [7, 11) is -0.885. The van der Waals surface area contributed by atoms with Crippen molar-refractivity contribution < 1.29 is 13.2 Å². The summed E-state index contributed by atoms with van der Waals surface area (Å²) >= 11 is 0. The predicted octanol–water partition coefficient (Wildman–Crippen LogP) is 9.21. The highest BCUT2D eigenvalue weighted by Crippen LogP contribution is 2.39. The van der Waals surface area contributed by atoms with Crippen LogP contribution in [0.4, 0.5) is 13.2 Å². The Kier molecular flexibility index (Phi) is 7.55. The molecule has 6 aromatic rings. The van der Waals surface area contributed by atoms with E-state index in [1.54, 1.807) is 12.1 Å². The van der Waals surface area contributed by atoms with Gasteiger partial charge in [0.25, 0.3) is 0 Å². The summed E-state index contributed by atoms with van der Waals surface area (Å²) < 4.78 is 39.8. The molecule has 6 rings (SSSR count). The standard InChI is InChI=1S/C37H26F3P/c38-37(39,40)30-24-22-27(23-25-30)26-34(28-12-4-1-5-13-28)33-20-10-14-29-15-11-21-35(36(29)33)41(31-16-6-2-7-17-31)32-18-8-3-9-19-32/h1-26H/b34-26+. The fourth-order valence-corrected chi connectivity index (χ4v) is 7.69. The van der Waals surface area contributed by atoms with Crippen molar-refractivity contribution in [2.24, 2.45) is 0 Å². The molecule has 6 aromatic carbocycles. The Balaban J connectivity index is 1.61. The Labute approximate surface area is 239 Å². The van der Waals surface area contributed by atoms with Crippen LogP contribution < -0.4 is 15.9 Å². The minimum atomic E-state index is -4.37. The van der Waals surface area contributed by atoms with Crippen LogP contribution in [0.25, 0.3) is 22.4 Å². The maximum Gasteiger partial charge on any atom is 0.416 e. The molecule has 0 fully saturated rings. The van der Waals surface area contributed by atoms with Crippen LogP contribution in [0.15, 0.2) is 152 Å². The lowest BCUT2D eigenvalue weighted by molar-refractivity contribution is -0.137. The van der Waals surface area contributed by atoms with Crippen molar-refractivity contribution in [3.8, 4) is 0 Å². The molecule has 0 unspecified atom stereocenters. The normalized spacial score (nSPS) is 12.1. The summed E-state index contributed by atoms with van der Waals surface area (Å²) in [4.78, 5) is 0. The Morgan fingerprint density at radius 2 is 1.07 bits per heavy atom. The van der Waals surface area contributed by atoms with E-state index < -0.39 is 19.7 Å². The monoisotopic (exact) mass is 558 g/mol. The lowest BCUT2D eigenvalue weighted by atomic mass is 9.91. The van der Waals surface area contributed by atoms with Crippen LogP contribution in [0.1, 0.15) is 22.3 Å². The number of rotatable bonds is 6. The summed E-state index contributed by atoms with van der Waals surface area (Å²) in [5.41, 5.74) is 3.06. The largest absolute Gasteiger partial charge is 0.416 e. The molecule has 0 N–H and O–H groups in total. The zero-order chi connectivity index (χ0) is 28.2. The van der Waals surface area contributed by atoms with Crippen molar-refractivity contribution in [1.29, 1.82) is 0 Å². The predicted molar refractivity (Wildman–Crippen MR) is 168 cm³/mol. The van der Waals surface area contributed by atoms with Gasteiger partial charge < -0.3 is 0 Å². The molecule has 0 saturated heterocycles. The van der Waals surface area contributed by atoms with E-state index in [0.29, 0.717) is 5.56 Å². The molecule has 41 heavy (non-hydrogen) atoms. The van der Waals surface area contributed by atoms with Crippen molar-refractivity contribution in [3.05, 3.63) is 174 Å². The third-order valence-corrected chi connectivity index (χ3v) is 9.56. The number of hydrogen-bond acceptors (Lipinski definition) is 0. The molecule has 0 amide bonds. The van der Waals surface area contributed by atoms with Crippen LogP contribution in [0.3, 0.4) is 0 Å². The quantitative estimate of drug-likeness (QED) is 0.141. The zero-order valence-electron chi connectivity index (χ0n) is 22.1. The fourth-order valence-electron chi connectivity index (χ4n) is 5.18. The first kappa shape index (κ1) is 26.7. The van der Waals surface area contributed by atoms with Crippen molar-refractivity contribution in [2.75, 3.05) is 0 Å². The van der Waals surface area contributed by atoms with E-state index in [1.165, 1.54) is 15.9 Å². The molecule has 0 radical (unpaired) electrons. The molecule has 0 aliphatic carbocycles. The zero-order valence-corrected chi connectivity index (χ0v) is 23.0. The van der Waals surface area contributed by atoms with Crippen molar-refractivity contribution in [3.63, 3.8) is 0 Å². The molecular formula is C37H26F3P. The Morgan fingerprint density at radius 3 is 1.63 bits per heavy atom. The van der Waals surface area contributed by atoms with Crippen molar-refractivity contribution in [2.45, 2.75) is 6.18 Å². The van der Waals surface area contributed by atoms with Gasteiger partial charge in [-0.2, -0.15) is 13.2 Å². The van der Waals surface area contributed by atoms with Gasteiger partial charge in [0.15, 0.2) is 0 Å². The minimum Gasteiger partial charge on any atom is -0.166 e. The van der Waals surface area contributed by atoms with Crippen molar-refractivity contribution >= 4 is 46.3 Å². The lowest BCUT2D eigenvalue weighted by Gasteiger charge is -2.23. The minimum absolute atomic E-state index is 0.653. The van der Waals surface area contributed by atoms with Gasteiger partial charge in [-0.15, -0.1) is 0 Å². The van der Waals surface area contributed by atoms with Gasteiger partial charge in [0.1, 0.15) is 0 Å². The molecule has 0 spiro atoms. The van der Waals surface area contributed by atoms with Gasteiger partial charge in [-0.05, 0) is 75.1 Å². The van der Waals surface area contributed by atoms with Gasteiger partial charge in [-0.3, -0.25) is 0 Å². The van der Waals surface area contributed by atoms with Gasteiger partial charge in [-0.25, -0.2) is 0 Å². The first-order valence-electron chi connectivity index (χ1n) is 13.4. The molecular weight excluding hydrogens is 532 g/mol. The summed E-state index contributed by atoms with van der Waals surface area (Å²) in [6.07, 6.45) is -2.38. The first-order valence-corrected chi connectivity index (χ1v) is 14.7. The number of halogens is 3. The Morgan fingerprint density at radius 1 is 0.537 bits per heavy atom. The number of alkyl halides is 3. The molecule has 4 heteroatoms. The van der Waals surface area contributed by atoms with Crippen molar-refractivity contribution in [1.82, 2.24) is 0 Å². The molecule has 200 valence electrons. The molecule has 0 aliphatic rings. The highest BCUT2D eigenvalue weighted by Gasteiger charge is 2.30. The topological polar surface area (TPSA) is 0 Å². The average molecular weight is 559 g/mol. The highest BCUT2D eigenvalue weighted by atomic mass is 31.1. The van der Waals surface area contributed by atoms with Crippen LogP contribution in [0, 0.1) is 0 Å². The fraction of sp³-hybridized carbons (Fsp3) is 0.0270. The van der Waals surface area contributed by atoms with E-state index in [2.05, 4.69) is 97.1 Å². The van der Waals surface area contributed by atoms with Gasteiger partial charge in [0, 0.05) is 0 Å². The van der Waals surface area contributed by atoms with Crippen LogP contribution in [0.5, 0.6) is 0 Å². The molecule has 0 aromatic heterocycles. The SMILES string of the molecule is FC(F)(F)c1ccc(/C=C(\c2ccccc2)c2cccc3cccc(P(c4ccccc4)c4ccccc4)c23)cc1. The van der Waals surface area contributed by atoms with E-state index in [1.807, 2.05) is 36.4 Å². The van der Waals surface area contributed by atoms with E-state index in [4.69, 9.17) is 0 Å². The first-order chi connectivity index (χ1) is 20.0. The van der Waals surface area contributed by atoms with Crippen LogP contribution in [-0.2, 0) is 6.18 Å². The Hall–Kier alpha value is -4.46. The third-order valence-electron chi connectivity index (χ3n) is 7.08. The van der Waals surface area contributed by atoms with E-state index >= 15 is 0 Å². The lowest BCUT2D eigenvalue weighted by Crippen LogP contribution is -2.21. The van der Waals surface area contributed by atoms with E-state index in [-0.39, 0.29) is 0 Å². The second kappa shape index (κ2) is 11.6. The summed E-state index contributed by atoms with van der Waals surface area (Å²) in [5, 5.41) is 6.01. The second-order valence-electron chi connectivity index (χ2n) is 9.73. The van der Waals surface area contributed by atoms with Crippen LogP contribution in [0.2, 0.25) is 0 Å². The summed E-state index contributed by atoms with van der Waals surface area (Å²) in [5.74, 6) is 0. The molecule has 0 heterocycles. The smallest absolute Gasteiger partial charge is 0.166 e. The maximum absolute atomic E-state index is 13.3. The van der Waals surface area contributed by atoms with E-state index in [9.17, 15) is 13.2 Å². The summed E-state index contributed by atoms with van der Waals surface area (Å²) in [6.45, 7) is 0. The van der Waals surface area contributed by atoms with Gasteiger partial charge >= 0.3 is 6.18 Å². The van der Waals surface area contributed by atoms with Gasteiger partial charge in [0.2, 0.25) is 0 Å². The van der Waals surface area contributed by atoms with Gasteiger partial charge in [0.05, 0.1) is 5.56 Å². The van der Waals surface area contributed by atoms with E-state index in [0.717, 1.165) is 39.6 Å². The molecule has 0 atom stereocenters. The third kappa shape index (κ3) is 5.73. The number of fused-ring (bicyclic) bond motifs is 1. The van der Waals surface area contributed by atoms with Gasteiger partial charge in [-0.1, -0.05) is 140 Å². The Bertz CT molecular complexity index is 1750. The second-order valence-corrected chi connectivity index (χ2v) is 11.9. The molecule has 0 aliphatic heterocycles.